The molecule has 1 aromatic rings. The van der Waals surface area contributed by atoms with Crippen LogP contribution in [0.3, 0.4) is 0 Å². The number of aryl methyl sites for hydroxylation is 1. The van der Waals surface area contributed by atoms with Crippen molar-refractivity contribution in [2.75, 3.05) is 13.6 Å². The van der Waals surface area contributed by atoms with E-state index in [2.05, 4.69) is 30.4 Å². The van der Waals surface area contributed by atoms with E-state index in [1.54, 1.807) is 0 Å². The first-order chi connectivity index (χ1) is 11.4. The van der Waals surface area contributed by atoms with Crippen LogP contribution in [0.5, 0.6) is 0 Å². The zero-order valence-electron chi connectivity index (χ0n) is 14.8. The largest absolute Gasteiger partial charge is 0.356 e. The fourth-order valence-electron chi connectivity index (χ4n) is 3.79. The Morgan fingerprint density at radius 3 is 2.79 bits per heavy atom. The molecule has 2 aliphatic rings. The molecule has 0 aromatic carbocycles. The quantitative estimate of drug-likeness (QED) is 0.293. The van der Waals surface area contributed by atoms with Gasteiger partial charge in [-0.15, -0.1) is 34.2 Å². The van der Waals surface area contributed by atoms with Crippen LogP contribution in [0.2, 0.25) is 0 Å². The van der Waals surface area contributed by atoms with Crippen molar-refractivity contribution in [1.29, 1.82) is 0 Å². The van der Waals surface area contributed by atoms with Gasteiger partial charge in [0, 0.05) is 26.6 Å². The molecule has 24 heavy (non-hydrogen) atoms. The van der Waals surface area contributed by atoms with Gasteiger partial charge in [0.05, 0.1) is 6.54 Å². The van der Waals surface area contributed by atoms with Crippen LogP contribution in [-0.2, 0) is 19.5 Å². The van der Waals surface area contributed by atoms with Crippen molar-refractivity contribution in [1.82, 2.24) is 25.4 Å². The van der Waals surface area contributed by atoms with Gasteiger partial charge in [-0.05, 0) is 18.8 Å². The standard InChI is InChI=1S/C17H30N6.HI/c1-18-17(19-11-5-4-9-14-7-2-3-8-14)20-13-16-22-21-15-10-6-12-23(15)16;/h14H,2-13H2,1H3,(H2,18,19,20);1H. The van der Waals surface area contributed by atoms with Crippen molar-refractivity contribution >= 4 is 29.9 Å². The van der Waals surface area contributed by atoms with E-state index >= 15 is 0 Å². The number of nitrogens with one attached hydrogen (secondary N) is 2. The van der Waals surface area contributed by atoms with Gasteiger partial charge < -0.3 is 15.2 Å². The third-order valence-electron chi connectivity index (χ3n) is 5.13. The molecule has 0 bridgehead atoms. The van der Waals surface area contributed by atoms with E-state index in [4.69, 9.17) is 0 Å². The second kappa shape index (κ2) is 10.2. The Bertz CT molecular complexity index is 521. The van der Waals surface area contributed by atoms with Crippen molar-refractivity contribution in [3.8, 4) is 0 Å². The Morgan fingerprint density at radius 2 is 2.00 bits per heavy atom. The van der Waals surface area contributed by atoms with E-state index in [0.29, 0.717) is 6.54 Å². The molecule has 7 heteroatoms. The molecule has 0 spiro atoms. The molecule has 0 saturated heterocycles. The lowest BCUT2D eigenvalue weighted by Crippen LogP contribution is -2.37. The van der Waals surface area contributed by atoms with Crippen molar-refractivity contribution in [2.45, 2.75) is 70.9 Å². The van der Waals surface area contributed by atoms with Gasteiger partial charge in [-0.1, -0.05) is 38.5 Å². The van der Waals surface area contributed by atoms with Crippen LogP contribution in [0, 0.1) is 5.92 Å². The fraction of sp³-hybridized carbons (Fsp3) is 0.824. The number of unbranched alkanes of at least 4 members (excludes halogenated alkanes) is 1. The molecule has 0 atom stereocenters. The SMILES string of the molecule is CN=C(NCCCCC1CCCC1)NCc1nnc2n1CCC2.I. The lowest BCUT2D eigenvalue weighted by molar-refractivity contribution is 0.472. The normalized spacial score (nSPS) is 17.6. The van der Waals surface area contributed by atoms with Crippen LogP contribution in [0.4, 0.5) is 0 Å². The maximum atomic E-state index is 4.29. The second-order valence-corrected chi connectivity index (χ2v) is 6.79. The van der Waals surface area contributed by atoms with E-state index in [9.17, 15) is 0 Å². The highest BCUT2D eigenvalue weighted by molar-refractivity contribution is 14.0. The molecule has 6 nitrogen and oxygen atoms in total. The van der Waals surface area contributed by atoms with Crippen LogP contribution in [0.25, 0.3) is 0 Å². The molecule has 1 fully saturated rings. The highest BCUT2D eigenvalue weighted by Crippen LogP contribution is 2.28. The average molecular weight is 446 g/mol. The predicted molar refractivity (Wildman–Crippen MR) is 108 cm³/mol. The van der Waals surface area contributed by atoms with E-state index in [0.717, 1.165) is 43.0 Å². The zero-order valence-corrected chi connectivity index (χ0v) is 17.1. The summed E-state index contributed by atoms with van der Waals surface area (Å²) in [6.45, 7) is 2.73. The first kappa shape index (κ1) is 19.5. The summed E-state index contributed by atoms with van der Waals surface area (Å²) in [5.74, 6) is 4.00. The predicted octanol–water partition coefficient (Wildman–Crippen LogP) is 2.87. The summed E-state index contributed by atoms with van der Waals surface area (Å²) in [4.78, 5) is 4.29. The van der Waals surface area contributed by atoms with Crippen LogP contribution in [0.1, 0.15) is 63.0 Å². The minimum absolute atomic E-state index is 0. The molecule has 2 heterocycles. The Hall–Kier alpha value is -0.860. The first-order valence-electron chi connectivity index (χ1n) is 9.22. The number of aromatic nitrogens is 3. The number of aliphatic imine (C=N–C) groups is 1. The Morgan fingerprint density at radius 1 is 1.17 bits per heavy atom. The summed E-state index contributed by atoms with van der Waals surface area (Å²) in [6, 6.07) is 0. The molecular formula is C17H31IN6. The first-order valence-corrected chi connectivity index (χ1v) is 9.22. The van der Waals surface area contributed by atoms with Crippen LogP contribution in [-0.4, -0.2) is 34.3 Å². The average Bonchev–Trinajstić information content (AvgIpc) is 3.28. The molecule has 1 aromatic heterocycles. The molecule has 3 rings (SSSR count). The zero-order chi connectivity index (χ0) is 15.9. The van der Waals surface area contributed by atoms with Crippen molar-refractivity contribution in [2.24, 2.45) is 10.9 Å². The summed E-state index contributed by atoms with van der Waals surface area (Å²) in [7, 11) is 1.82. The summed E-state index contributed by atoms with van der Waals surface area (Å²) in [6.07, 6.45) is 12.0. The van der Waals surface area contributed by atoms with Gasteiger partial charge in [-0.3, -0.25) is 4.99 Å². The lowest BCUT2D eigenvalue weighted by atomic mass is 10.0. The number of hydrogen-bond donors (Lipinski definition) is 2. The van der Waals surface area contributed by atoms with Gasteiger partial charge in [0.25, 0.3) is 0 Å². The summed E-state index contributed by atoms with van der Waals surface area (Å²) in [5, 5.41) is 15.3. The summed E-state index contributed by atoms with van der Waals surface area (Å²) >= 11 is 0. The molecule has 0 radical (unpaired) electrons. The number of nitrogens with zero attached hydrogens (tertiary/aromatic N) is 4. The minimum Gasteiger partial charge on any atom is -0.356 e. The second-order valence-electron chi connectivity index (χ2n) is 6.79. The number of rotatable bonds is 7. The molecule has 1 aliphatic carbocycles. The van der Waals surface area contributed by atoms with Gasteiger partial charge in [0.15, 0.2) is 11.8 Å². The van der Waals surface area contributed by atoms with Crippen molar-refractivity contribution in [3.63, 3.8) is 0 Å². The number of guanidine groups is 1. The molecule has 0 amide bonds. The highest BCUT2D eigenvalue weighted by atomic mass is 127. The van der Waals surface area contributed by atoms with Gasteiger partial charge in [-0.2, -0.15) is 0 Å². The number of hydrogen-bond acceptors (Lipinski definition) is 3. The lowest BCUT2D eigenvalue weighted by Gasteiger charge is -2.12. The third kappa shape index (κ3) is 5.32. The monoisotopic (exact) mass is 446 g/mol. The number of halogens is 1. The van der Waals surface area contributed by atoms with E-state index in [-0.39, 0.29) is 24.0 Å². The van der Waals surface area contributed by atoms with E-state index in [1.807, 2.05) is 7.05 Å². The maximum absolute atomic E-state index is 4.29. The molecule has 1 aliphatic heterocycles. The molecule has 1 saturated carbocycles. The third-order valence-corrected chi connectivity index (χ3v) is 5.13. The Balaban J connectivity index is 0.00000208. The van der Waals surface area contributed by atoms with Gasteiger partial charge in [0.1, 0.15) is 5.82 Å². The van der Waals surface area contributed by atoms with E-state index < -0.39 is 0 Å². The maximum Gasteiger partial charge on any atom is 0.191 e. The molecule has 0 unspecified atom stereocenters. The van der Waals surface area contributed by atoms with Crippen LogP contribution in [0.15, 0.2) is 4.99 Å². The molecule has 2 N–H and O–H groups in total. The minimum atomic E-state index is 0. The van der Waals surface area contributed by atoms with Crippen LogP contribution < -0.4 is 10.6 Å². The highest BCUT2D eigenvalue weighted by Gasteiger charge is 2.17. The number of fused-ring (bicyclic) bond motifs is 1. The van der Waals surface area contributed by atoms with Gasteiger partial charge in [-0.25, -0.2) is 0 Å². The van der Waals surface area contributed by atoms with E-state index in [1.165, 1.54) is 51.4 Å². The van der Waals surface area contributed by atoms with Gasteiger partial charge in [0.2, 0.25) is 0 Å². The Kier molecular flexibility index (Phi) is 8.28. The Labute approximate surface area is 162 Å². The smallest absolute Gasteiger partial charge is 0.191 e. The molecular weight excluding hydrogens is 415 g/mol. The van der Waals surface area contributed by atoms with Crippen LogP contribution >= 0.6 is 24.0 Å². The summed E-state index contributed by atoms with van der Waals surface area (Å²) < 4.78 is 2.22. The topological polar surface area (TPSA) is 67.1 Å². The van der Waals surface area contributed by atoms with Crippen molar-refractivity contribution in [3.05, 3.63) is 11.6 Å². The summed E-state index contributed by atoms with van der Waals surface area (Å²) in [5.41, 5.74) is 0. The van der Waals surface area contributed by atoms with Gasteiger partial charge >= 0.3 is 0 Å². The van der Waals surface area contributed by atoms with Crippen molar-refractivity contribution < 1.29 is 0 Å². The molecule has 136 valence electrons. The fourth-order valence-corrected chi connectivity index (χ4v) is 3.79.